The Labute approximate surface area is 145 Å². The second-order valence-electron chi connectivity index (χ2n) is 5.97. The predicted octanol–water partition coefficient (Wildman–Crippen LogP) is 7.67. The van der Waals surface area contributed by atoms with Crippen LogP contribution >= 0.6 is 27.5 Å². The van der Waals surface area contributed by atoms with Crippen LogP contribution in [0.4, 0.5) is 0 Å². The molecular formula is C17H34BrClSn. The van der Waals surface area contributed by atoms with Crippen molar-refractivity contribution in [1.82, 2.24) is 0 Å². The Hall–Kier alpha value is 1.31. The molecule has 0 N–H and O–H groups in total. The first-order valence-corrected chi connectivity index (χ1v) is 17.4. The molecule has 0 amide bonds. The van der Waals surface area contributed by atoms with Crippen molar-refractivity contribution in [2.45, 2.75) is 85.4 Å². The van der Waals surface area contributed by atoms with Gasteiger partial charge in [0.25, 0.3) is 0 Å². The predicted molar refractivity (Wildman–Crippen MR) is 102 cm³/mol. The summed E-state index contributed by atoms with van der Waals surface area (Å²) in [4.78, 5) is 0. The van der Waals surface area contributed by atoms with Gasteiger partial charge in [-0.3, -0.25) is 0 Å². The summed E-state index contributed by atoms with van der Waals surface area (Å²) in [6.45, 7) is 7.00. The molecule has 0 rings (SSSR count). The molecule has 0 aliphatic heterocycles. The maximum atomic E-state index is 5.82. The Morgan fingerprint density at radius 1 is 0.900 bits per heavy atom. The molecule has 0 spiro atoms. The molecule has 0 heterocycles. The summed E-state index contributed by atoms with van der Waals surface area (Å²) in [6.07, 6.45) is 13.1. The van der Waals surface area contributed by atoms with Crippen LogP contribution in [-0.2, 0) is 0 Å². The van der Waals surface area contributed by atoms with Gasteiger partial charge >= 0.3 is 146 Å². The monoisotopic (exact) mass is 472 g/mol. The first-order chi connectivity index (χ1) is 9.66. The first-order valence-electron chi connectivity index (χ1n) is 8.59. The molecule has 0 bridgehead atoms. The summed E-state index contributed by atoms with van der Waals surface area (Å²) in [7, 11) is 0. The third kappa shape index (κ3) is 8.68. The molecule has 120 valence electrons. The molecule has 0 fully saturated rings. The van der Waals surface area contributed by atoms with E-state index in [1.54, 1.807) is 15.8 Å². The average molecular weight is 473 g/mol. The van der Waals surface area contributed by atoms with E-state index in [1.165, 1.54) is 38.5 Å². The molecule has 0 unspecified atom stereocenters. The van der Waals surface area contributed by atoms with Crippen LogP contribution in [0.15, 0.2) is 8.57 Å². The van der Waals surface area contributed by atoms with Gasteiger partial charge in [0.1, 0.15) is 0 Å². The van der Waals surface area contributed by atoms with E-state index >= 15 is 0 Å². The number of allylic oxidation sites excluding steroid dienone is 1. The van der Waals surface area contributed by atoms with Gasteiger partial charge in [-0.2, -0.15) is 0 Å². The van der Waals surface area contributed by atoms with Crippen LogP contribution in [0.1, 0.15) is 72.1 Å². The fourth-order valence-corrected chi connectivity index (χ4v) is 21.8. The van der Waals surface area contributed by atoms with E-state index in [0.717, 1.165) is 18.7 Å². The van der Waals surface area contributed by atoms with E-state index < -0.39 is 18.4 Å². The topological polar surface area (TPSA) is 0 Å². The van der Waals surface area contributed by atoms with Crippen molar-refractivity contribution in [2.75, 3.05) is 5.88 Å². The van der Waals surface area contributed by atoms with Crippen LogP contribution in [0.25, 0.3) is 0 Å². The zero-order valence-corrected chi connectivity index (χ0v) is 19.0. The zero-order chi connectivity index (χ0) is 15.3. The molecule has 0 aliphatic rings. The molecule has 20 heavy (non-hydrogen) atoms. The quantitative estimate of drug-likeness (QED) is 0.147. The SMILES string of the molecule is CCC[CH2][Sn]([CH2]CCC)([CH2]CCC)/[C](Br)=C\CCCCl. The van der Waals surface area contributed by atoms with E-state index in [2.05, 4.69) is 42.8 Å². The molecule has 0 saturated carbocycles. The number of unbranched alkanes of at least 4 members (excludes halogenated alkanes) is 4. The summed E-state index contributed by atoms with van der Waals surface area (Å²) >= 11 is 7.72. The van der Waals surface area contributed by atoms with Crippen LogP contribution in [-0.4, -0.2) is 24.3 Å². The van der Waals surface area contributed by atoms with Crippen molar-refractivity contribution in [1.29, 1.82) is 0 Å². The van der Waals surface area contributed by atoms with E-state index in [-0.39, 0.29) is 0 Å². The average Bonchev–Trinajstić information content (AvgIpc) is 2.47. The molecule has 0 aromatic rings. The fourth-order valence-electron chi connectivity index (χ4n) is 2.80. The Bertz CT molecular complexity index is 232. The Kier molecular flexibility index (Phi) is 14.8. The normalized spacial score (nSPS) is 12.9. The summed E-state index contributed by atoms with van der Waals surface area (Å²) in [5.41, 5.74) is 0. The number of hydrogen-bond donors (Lipinski definition) is 0. The van der Waals surface area contributed by atoms with Crippen LogP contribution in [0.2, 0.25) is 13.3 Å². The second-order valence-corrected chi connectivity index (χ2v) is 22.4. The van der Waals surface area contributed by atoms with Crippen LogP contribution < -0.4 is 0 Å². The van der Waals surface area contributed by atoms with Gasteiger partial charge in [0.05, 0.1) is 0 Å². The van der Waals surface area contributed by atoms with Gasteiger partial charge in [-0.05, 0) is 0 Å². The first kappa shape index (κ1) is 21.3. The van der Waals surface area contributed by atoms with Gasteiger partial charge in [0, 0.05) is 0 Å². The van der Waals surface area contributed by atoms with Gasteiger partial charge in [-0.15, -0.1) is 0 Å². The van der Waals surface area contributed by atoms with Crippen molar-refractivity contribution >= 4 is 45.9 Å². The summed E-state index contributed by atoms with van der Waals surface area (Å²) in [5.74, 6) is 0.790. The molecule has 0 atom stereocenters. The van der Waals surface area contributed by atoms with Gasteiger partial charge in [0.2, 0.25) is 0 Å². The van der Waals surface area contributed by atoms with E-state index in [1.807, 2.05) is 0 Å². The van der Waals surface area contributed by atoms with Gasteiger partial charge in [-0.1, -0.05) is 0 Å². The molecule has 0 saturated heterocycles. The van der Waals surface area contributed by atoms with E-state index in [9.17, 15) is 0 Å². The number of rotatable bonds is 13. The number of halogens is 2. The van der Waals surface area contributed by atoms with Crippen molar-refractivity contribution < 1.29 is 0 Å². The molecule has 0 aromatic carbocycles. The van der Waals surface area contributed by atoms with Crippen molar-refractivity contribution in [2.24, 2.45) is 0 Å². The molecule has 0 aliphatic carbocycles. The molecular weight excluding hydrogens is 438 g/mol. The van der Waals surface area contributed by atoms with Gasteiger partial charge < -0.3 is 0 Å². The van der Waals surface area contributed by atoms with Gasteiger partial charge in [0.15, 0.2) is 0 Å². The number of alkyl halides is 1. The Balaban J connectivity index is 4.94. The molecule has 0 radical (unpaired) electrons. The molecule has 3 heteroatoms. The number of hydrogen-bond acceptors (Lipinski definition) is 0. The second kappa shape index (κ2) is 13.9. The standard InChI is InChI=1S/C5H7BrCl.3C4H9.Sn/c6-4-2-1-3-5-7;3*1-3-4-2;/h2H,1,3,5H2;3*1,3-4H2,2H3;. The maximum absolute atomic E-state index is 5.82. The minimum absolute atomic E-state index is 0.790. The summed E-state index contributed by atoms with van der Waals surface area (Å²) in [6, 6.07) is 0. The summed E-state index contributed by atoms with van der Waals surface area (Å²) < 4.78 is 6.31. The van der Waals surface area contributed by atoms with Crippen LogP contribution in [0.3, 0.4) is 0 Å². The van der Waals surface area contributed by atoms with Crippen molar-refractivity contribution in [3.63, 3.8) is 0 Å². The van der Waals surface area contributed by atoms with Crippen LogP contribution in [0.5, 0.6) is 0 Å². The van der Waals surface area contributed by atoms with Crippen molar-refractivity contribution in [3.05, 3.63) is 8.57 Å². The van der Waals surface area contributed by atoms with E-state index in [0.29, 0.717) is 0 Å². The van der Waals surface area contributed by atoms with Crippen LogP contribution in [0, 0.1) is 0 Å². The minimum atomic E-state index is -2.13. The van der Waals surface area contributed by atoms with Crippen molar-refractivity contribution in [3.8, 4) is 0 Å². The summed E-state index contributed by atoms with van der Waals surface area (Å²) in [5, 5.41) is 0. The fraction of sp³-hybridized carbons (Fsp3) is 0.882. The van der Waals surface area contributed by atoms with Gasteiger partial charge in [-0.25, -0.2) is 0 Å². The Morgan fingerprint density at radius 2 is 1.35 bits per heavy atom. The molecule has 0 nitrogen and oxygen atoms in total. The molecule has 0 aromatic heterocycles. The third-order valence-corrected chi connectivity index (χ3v) is 25.1. The zero-order valence-electron chi connectivity index (χ0n) is 13.8. The Morgan fingerprint density at radius 3 is 1.70 bits per heavy atom. The third-order valence-electron chi connectivity index (χ3n) is 4.19. The van der Waals surface area contributed by atoms with E-state index in [4.69, 9.17) is 11.6 Å².